The summed E-state index contributed by atoms with van der Waals surface area (Å²) in [7, 11) is 2.03. The summed E-state index contributed by atoms with van der Waals surface area (Å²) in [6.45, 7) is 5.22. The third-order valence-corrected chi connectivity index (χ3v) is 5.73. The Hall–Kier alpha value is -1.63. The van der Waals surface area contributed by atoms with Crippen molar-refractivity contribution in [2.24, 2.45) is 5.92 Å². The van der Waals surface area contributed by atoms with Crippen molar-refractivity contribution in [3.8, 4) is 0 Å². The Kier molecular flexibility index (Phi) is 4.80. The predicted molar refractivity (Wildman–Crippen MR) is 89.2 cm³/mol. The molecule has 2 heterocycles. The summed E-state index contributed by atoms with van der Waals surface area (Å²) in [4.78, 5) is 42.2. The molecule has 1 N–H and O–H groups in total. The van der Waals surface area contributed by atoms with Gasteiger partial charge < -0.3 is 15.1 Å². The third kappa shape index (κ3) is 3.41. The molecule has 1 aliphatic carbocycles. The van der Waals surface area contributed by atoms with Crippen LogP contribution in [0, 0.1) is 5.92 Å². The Morgan fingerprint density at radius 3 is 2.42 bits per heavy atom. The van der Waals surface area contributed by atoms with Crippen LogP contribution < -0.4 is 5.32 Å². The number of hydrogen-bond acceptors (Lipinski definition) is 4. The molecule has 3 aliphatic rings. The van der Waals surface area contributed by atoms with Crippen LogP contribution in [-0.4, -0.2) is 84.3 Å². The van der Waals surface area contributed by atoms with E-state index in [9.17, 15) is 14.4 Å². The van der Waals surface area contributed by atoms with Gasteiger partial charge in [0.25, 0.3) is 0 Å². The van der Waals surface area contributed by atoms with E-state index in [1.807, 2.05) is 11.9 Å². The monoisotopic (exact) mass is 336 g/mol. The van der Waals surface area contributed by atoms with Gasteiger partial charge in [-0.05, 0) is 38.6 Å². The van der Waals surface area contributed by atoms with Crippen LogP contribution in [0.5, 0.6) is 0 Å². The molecule has 1 spiro atoms. The number of nitrogens with zero attached hydrogens (tertiary/aromatic N) is 3. The van der Waals surface area contributed by atoms with Gasteiger partial charge in [-0.2, -0.15) is 0 Å². The van der Waals surface area contributed by atoms with Gasteiger partial charge in [-0.1, -0.05) is 0 Å². The second-order valence-electron chi connectivity index (χ2n) is 7.44. The first-order valence-electron chi connectivity index (χ1n) is 8.95. The zero-order valence-corrected chi connectivity index (χ0v) is 14.7. The van der Waals surface area contributed by atoms with E-state index < -0.39 is 5.54 Å². The summed E-state index contributed by atoms with van der Waals surface area (Å²) in [6, 6.07) is 0. The van der Waals surface area contributed by atoms with Crippen molar-refractivity contribution < 1.29 is 14.4 Å². The van der Waals surface area contributed by atoms with Crippen LogP contribution in [0.1, 0.15) is 32.6 Å². The molecule has 3 rings (SSSR count). The van der Waals surface area contributed by atoms with Gasteiger partial charge in [-0.3, -0.25) is 19.3 Å². The summed E-state index contributed by atoms with van der Waals surface area (Å²) in [5.41, 5.74) is -0.447. The molecule has 0 radical (unpaired) electrons. The SMILES string of the molecule is CC(=O)NCC(=O)N1CCC2(CC1)C(=O)N(CC1CC1)CCN2C. The van der Waals surface area contributed by atoms with E-state index in [0.717, 1.165) is 19.6 Å². The lowest BCUT2D eigenvalue weighted by Gasteiger charge is -2.51. The number of likely N-dealkylation sites (N-methyl/N-ethyl adjacent to an activating group) is 1. The van der Waals surface area contributed by atoms with E-state index in [1.54, 1.807) is 4.90 Å². The predicted octanol–water partition coefficient (Wildman–Crippen LogP) is -0.332. The molecule has 7 nitrogen and oxygen atoms in total. The summed E-state index contributed by atoms with van der Waals surface area (Å²) < 4.78 is 0. The highest BCUT2D eigenvalue weighted by Crippen LogP contribution is 2.36. The number of carbonyl (C=O) groups excluding carboxylic acids is 3. The smallest absolute Gasteiger partial charge is 0.243 e. The Morgan fingerprint density at radius 1 is 1.17 bits per heavy atom. The minimum absolute atomic E-state index is 0.0416. The number of carbonyl (C=O) groups is 3. The molecule has 24 heavy (non-hydrogen) atoms. The summed E-state index contributed by atoms with van der Waals surface area (Å²) in [6.07, 6.45) is 3.85. The fraction of sp³-hybridized carbons (Fsp3) is 0.824. The van der Waals surface area contributed by atoms with E-state index in [2.05, 4.69) is 10.2 Å². The molecule has 3 fully saturated rings. The fourth-order valence-corrected chi connectivity index (χ4v) is 3.86. The molecule has 1 saturated carbocycles. The lowest BCUT2D eigenvalue weighted by atomic mass is 9.82. The maximum absolute atomic E-state index is 13.1. The Balaban J connectivity index is 1.60. The molecule has 2 saturated heterocycles. The molecule has 0 bridgehead atoms. The van der Waals surface area contributed by atoms with Crippen molar-refractivity contribution in [2.45, 2.75) is 38.1 Å². The third-order valence-electron chi connectivity index (χ3n) is 5.73. The lowest BCUT2D eigenvalue weighted by molar-refractivity contribution is -0.156. The minimum Gasteiger partial charge on any atom is -0.347 e. The van der Waals surface area contributed by atoms with Crippen molar-refractivity contribution in [3.63, 3.8) is 0 Å². The van der Waals surface area contributed by atoms with Crippen LogP contribution in [-0.2, 0) is 14.4 Å². The molecule has 0 aromatic heterocycles. The van der Waals surface area contributed by atoms with Crippen molar-refractivity contribution in [2.75, 3.05) is 46.3 Å². The number of hydrogen-bond donors (Lipinski definition) is 1. The number of piperidine rings is 1. The first-order valence-corrected chi connectivity index (χ1v) is 8.95. The summed E-state index contributed by atoms with van der Waals surface area (Å²) in [5.74, 6) is 0.682. The quantitative estimate of drug-likeness (QED) is 0.763. The van der Waals surface area contributed by atoms with Crippen LogP contribution in [0.3, 0.4) is 0 Å². The van der Waals surface area contributed by atoms with Crippen molar-refractivity contribution in [1.29, 1.82) is 0 Å². The average Bonchev–Trinajstić information content (AvgIpc) is 3.38. The van der Waals surface area contributed by atoms with Gasteiger partial charge in [0.15, 0.2) is 0 Å². The van der Waals surface area contributed by atoms with Gasteiger partial charge in [-0.15, -0.1) is 0 Å². The first-order chi connectivity index (χ1) is 11.4. The van der Waals surface area contributed by atoms with Crippen LogP contribution in [0.2, 0.25) is 0 Å². The van der Waals surface area contributed by atoms with Gasteiger partial charge in [0, 0.05) is 39.6 Å². The molecule has 0 unspecified atom stereocenters. The normalized spacial score (nSPS) is 24.3. The van der Waals surface area contributed by atoms with Crippen molar-refractivity contribution in [3.05, 3.63) is 0 Å². The van der Waals surface area contributed by atoms with E-state index in [1.165, 1.54) is 19.8 Å². The molecular formula is C17H28N4O3. The highest BCUT2D eigenvalue weighted by atomic mass is 16.2. The molecule has 0 aromatic rings. The zero-order chi connectivity index (χ0) is 17.3. The Bertz CT molecular complexity index is 524. The molecule has 0 atom stereocenters. The number of rotatable bonds is 4. The number of piperazine rings is 1. The van der Waals surface area contributed by atoms with Crippen LogP contribution in [0.4, 0.5) is 0 Å². The van der Waals surface area contributed by atoms with Gasteiger partial charge >= 0.3 is 0 Å². The molecular weight excluding hydrogens is 308 g/mol. The fourth-order valence-electron chi connectivity index (χ4n) is 3.86. The first kappa shape index (κ1) is 17.2. The van der Waals surface area contributed by atoms with Crippen LogP contribution in [0.25, 0.3) is 0 Å². The van der Waals surface area contributed by atoms with E-state index in [4.69, 9.17) is 0 Å². The number of nitrogens with one attached hydrogen (secondary N) is 1. The van der Waals surface area contributed by atoms with E-state index >= 15 is 0 Å². The topological polar surface area (TPSA) is 73.0 Å². The number of amides is 3. The standard InChI is InChI=1S/C17H28N4O3/c1-13(22)18-11-15(23)20-7-5-17(6-8-20)16(24)21(10-9-19(17)2)12-14-3-4-14/h14H,3-12H2,1-2H3,(H,18,22). The molecule has 0 aromatic carbocycles. The average molecular weight is 336 g/mol. The van der Waals surface area contributed by atoms with Crippen LogP contribution >= 0.6 is 0 Å². The summed E-state index contributed by atoms with van der Waals surface area (Å²) in [5, 5.41) is 2.55. The van der Waals surface area contributed by atoms with Crippen molar-refractivity contribution in [1.82, 2.24) is 20.0 Å². The second-order valence-corrected chi connectivity index (χ2v) is 7.44. The molecule has 2 aliphatic heterocycles. The minimum atomic E-state index is -0.447. The lowest BCUT2D eigenvalue weighted by Crippen LogP contribution is -2.68. The zero-order valence-electron chi connectivity index (χ0n) is 14.7. The summed E-state index contributed by atoms with van der Waals surface area (Å²) >= 11 is 0. The number of likely N-dealkylation sites (tertiary alicyclic amines) is 1. The molecule has 7 heteroatoms. The Morgan fingerprint density at radius 2 is 1.83 bits per heavy atom. The van der Waals surface area contributed by atoms with Gasteiger partial charge in [-0.25, -0.2) is 0 Å². The highest BCUT2D eigenvalue weighted by molar-refractivity contribution is 5.88. The second kappa shape index (κ2) is 6.70. The van der Waals surface area contributed by atoms with E-state index in [0.29, 0.717) is 31.8 Å². The molecule has 3 amide bonds. The largest absolute Gasteiger partial charge is 0.347 e. The van der Waals surface area contributed by atoms with Gasteiger partial charge in [0.2, 0.25) is 17.7 Å². The van der Waals surface area contributed by atoms with Gasteiger partial charge in [0.1, 0.15) is 5.54 Å². The van der Waals surface area contributed by atoms with Crippen LogP contribution in [0.15, 0.2) is 0 Å². The Labute approximate surface area is 143 Å². The van der Waals surface area contributed by atoms with Gasteiger partial charge in [0.05, 0.1) is 6.54 Å². The maximum Gasteiger partial charge on any atom is 0.243 e. The van der Waals surface area contributed by atoms with E-state index in [-0.39, 0.29) is 24.3 Å². The van der Waals surface area contributed by atoms with Crippen molar-refractivity contribution >= 4 is 17.7 Å². The maximum atomic E-state index is 13.1. The molecule has 134 valence electrons. The highest BCUT2D eigenvalue weighted by Gasteiger charge is 2.50.